The second kappa shape index (κ2) is 4.84. The molecule has 0 radical (unpaired) electrons. The van der Waals surface area contributed by atoms with Crippen LogP contribution in [0.5, 0.6) is 0 Å². The van der Waals surface area contributed by atoms with Crippen LogP contribution in [0.2, 0.25) is 0 Å². The van der Waals surface area contributed by atoms with E-state index < -0.39 is 11.2 Å². The van der Waals surface area contributed by atoms with Gasteiger partial charge in [0.15, 0.2) is 5.82 Å². The Morgan fingerprint density at radius 2 is 2.29 bits per heavy atom. The number of carbonyl (C=O) groups is 1. The third-order valence-corrected chi connectivity index (χ3v) is 5.70. The van der Waals surface area contributed by atoms with E-state index in [9.17, 15) is 9.35 Å². The Bertz CT molecular complexity index is 594. The lowest BCUT2D eigenvalue weighted by Crippen LogP contribution is -2.52. The van der Waals surface area contributed by atoms with E-state index in [0.29, 0.717) is 23.4 Å². The van der Waals surface area contributed by atoms with Gasteiger partial charge in [-0.3, -0.25) is 4.90 Å². The van der Waals surface area contributed by atoms with Crippen LogP contribution in [0.3, 0.4) is 0 Å². The van der Waals surface area contributed by atoms with Crippen LogP contribution in [0.15, 0.2) is 11.4 Å². The van der Waals surface area contributed by atoms with Gasteiger partial charge in [-0.15, -0.1) is 0 Å². The molecule has 4 rings (SSSR count). The Labute approximate surface area is 126 Å². The lowest BCUT2D eigenvalue weighted by Gasteiger charge is -2.37. The fourth-order valence-electron chi connectivity index (χ4n) is 4.04. The van der Waals surface area contributed by atoms with Gasteiger partial charge in [-0.05, 0) is 31.1 Å². The predicted octanol–water partition coefficient (Wildman–Crippen LogP) is 1.43. The van der Waals surface area contributed by atoms with Crippen LogP contribution in [0.4, 0.5) is 10.6 Å². The molecule has 0 spiro atoms. The zero-order chi connectivity index (χ0) is 14.6. The number of hydrogen-bond acceptors (Lipinski definition) is 4. The van der Waals surface area contributed by atoms with E-state index in [1.54, 1.807) is 17.4 Å². The van der Waals surface area contributed by atoms with Crippen LogP contribution in [0.1, 0.15) is 31.2 Å². The third kappa shape index (κ3) is 2.10. The summed E-state index contributed by atoms with van der Waals surface area (Å²) < 4.78 is 11.6. The lowest BCUT2D eigenvalue weighted by molar-refractivity contribution is 0.237. The van der Waals surface area contributed by atoms with Crippen molar-refractivity contribution in [3.63, 3.8) is 0 Å². The molecule has 2 aliphatic carbocycles. The molecule has 2 fully saturated rings. The third-order valence-electron chi connectivity index (χ3n) is 4.99. The highest BCUT2D eigenvalue weighted by molar-refractivity contribution is 7.90. The molecule has 0 aromatic carbocycles. The van der Waals surface area contributed by atoms with Gasteiger partial charge in [0.1, 0.15) is 6.26 Å². The van der Waals surface area contributed by atoms with Crippen LogP contribution in [-0.2, 0) is 17.7 Å². The maximum Gasteiger partial charge on any atom is 0.344 e. The van der Waals surface area contributed by atoms with E-state index >= 15 is 0 Å². The lowest BCUT2D eigenvalue weighted by atomic mass is 9.93. The topological polar surface area (TPSA) is 81.2 Å². The summed E-state index contributed by atoms with van der Waals surface area (Å²) in [6.07, 6.45) is 8.03. The highest BCUT2D eigenvalue weighted by Gasteiger charge is 2.46. The molecule has 1 aromatic rings. The average molecular weight is 306 g/mol. The highest BCUT2D eigenvalue weighted by Crippen LogP contribution is 2.48. The molecule has 4 atom stereocenters. The zero-order valence-corrected chi connectivity index (χ0v) is 12.7. The fraction of sp³-hybridized carbons (Fsp3) is 0.643. The molecule has 1 aliphatic heterocycles. The largest absolute Gasteiger partial charge is 0.609 e. The van der Waals surface area contributed by atoms with Crippen molar-refractivity contribution in [2.75, 3.05) is 11.2 Å². The number of urea groups is 1. The van der Waals surface area contributed by atoms with Gasteiger partial charge in [0, 0.05) is 35.5 Å². The number of rotatable bonds is 2. The van der Waals surface area contributed by atoms with Crippen LogP contribution < -0.4 is 10.2 Å². The predicted molar refractivity (Wildman–Crippen MR) is 78.3 cm³/mol. The SMILES string of the molecule is C[S+]([O-])c1ncc2c(n1)N(C1CC3CCC1C3)C(=O)NC2. The minimum atomic E-state index is -1.24. The molecular weight excluding hydrogens is 288 g/mol. The molecular formula is C14H18N4O2S. The van der Waals surface area contributed by atoms with E-state index in [2.05, 4.69) is 15.3 Å². The molecule has 112 valence electrons. The zero-order valence-electron chi connectivity index (χ0n) is 11.9. The molecule has 1 aromatic heterocycles. The second-order valence-corrected chi connectivity index (χ2v) is 7.50. The minimum absolute atomic E-state index is 0.0772. The molecule has 2 bridgehead atoms. The molecule has 4 unspecified atom stereocenters. The summed E-state index contributed by atoms with van der Waals surface area (Å²) in [4.78, 5) is 22.7. The van der Waals surface area contributed by atoms with Crippen molar-refractivity contribution >= 4 is 23.0 Å². The van der Waals surface area contributed by atoms with Crippen molar-refractivity contribution in [3.05, 3.63) is 11.8 Å². The summed E-state index contributed by atoms with van der Waals surface area (Å²) in [5.74, 6) is 1.99. The Morgan fingerprint density at radius 3 is 2.95 bits per heavy atom. The maximum atomic E-state index is 12.4. The first-order valence-corrected chi connectivity index (χ1v) is 8.95. The standard InChI is InChI=1S/C14H18N4O2S/c1-21(20)13-15-6-10-7-16-14(19)18(12(10)17-13)11-5-8-2-3-9(11)4-8/h6,8-9,11H,2-5,7H2,1H3,(H,16,19). The van der Waals surface area contributed by atoms with E-state index in [0.717, 1.165) is 17.9 Å². The van der Waals surface area contributed by atoms with Crippen molar-refractivity contribution in [2.24, 2.45) is 11.8 Å². The van der Waals surface area contributed by atoms with Crippen LogP contribution >= 0.6 is 0 Å². The second-order valence-electron chi connectivity index (χ2n) is 6.23. The number of nitrogens with one attached hydrogen (secondary N) is 1. The number of carbonyl (C=O) groups excluding carboxylic acids is 1. The van der Waals surface area contributed by atoms with Gasteiger partial charge >= 0.3 is 11.2 Å². The molecule has 6 nitrogen and oxygen atoms in total. The number of anilines is 1. The van der Waals surface area contributed by atoms with Gasteiger partial charge < -0.3 is 9.87 Å². The van der Waals surface area contributed by atoms with Gasteiger partial charge in [0.2, 0.25) is 0 Å². The van der Waals surface area contributed by atoms with Gasteiger partial charge in [0.05, 0.1) is 0 Å². The molecule has 3 aliphatic rings. The van der Waals surface area contributed by atoms with E-state index in [4.69, 9.17) is 0 Å². The smallest absolute Gasteiger partial charge is 0.344 e. The number of fused-ring (bicyclic) bond motifs is 3. The average Bonchev–Trinajstić information content (AvgIpc) is 3.09. The van der Waals surface area contributed by atoms with Crippen LogP contribution in [0.25, 0.3) is 0 Å². The molecule has 2 amide bonds. The Hall–Kier alpha value is -1.34. The van der Waals surface area contributed by atoms with Crippen molar-refractivity contribution < 1.29 is 9.35 Å². The first kappa shape index (κ1) is 13.3. The van der Waals surface area contributed by atoms with Crippen molar-refractivity contribution in [1.82, 2.24) is 15.3 Å². The van der Waals surface area contributed by atoms with Gasteiger partial charge in [-0.1, -0.05) is 6.42 Å². The first-order valence-electron chi connectivity index (χ1n) is 7.40. The highest BCUT2D eigenvalue weighted by atomic mass is 32.2. The van der Waals surface area contributed by atoms with Crippen molar-refractivity contribution in [1.29, 1.82) is 0 Å². The minimum Gasteiger partial charge on any atom is -0.609 e. The normalized spacial score (nSPS) is 32.0. The quantitative estimate of drug-likeness (QED) is 0.662. The summed E-state index contributed by atoms with van der Waals surface area (Å²) in [6, 6.07) is 0.155. The molecule has 0 saturated heterocycles. The summed E-state index contributed by atoms with van der Waals surface area (Å²) in [5.41, 5.74) is 0.909. The Balaban J connectivity index is 1.74. The Kier molecular flexibility index (Phi) is 3.08. The molecule has 2 saturated carbocycles. The van der Waals surface area contributed by atoms with E-state index in [-0.39, 0.29) is 12.1 Å². The monoisotopic (exact) mass is 306 g/mol. The van der Waals surface area contributed by atoms with Crippen LogP contribution in [0, 0.1) is 11.8 Å². The van der Waals surface area contributed by atoms with Crippen LogP contribution in [-0.4, -0.2) is 32.8 Å². The fourth-order valence-corrected chi connectivity index (χ4v) is 4.46. The van der Waals surface area contributed by atoms with Crippen molar-refractivity contribution in [2.45, 2.75) is 43.4 Å². The summed E-state index contributed by atoms with van der Waals surface area (Å²) in [6.45, 7) is 0.447. The summed E-state index contributed by atoms with van der Waals surface area (Å²) in [7, 11) is 0. The number of nitrogens with zero attached hydrogens (tertiary/aromatic N) is 3. The molecule has 2 heterocycles. The van der Waals surface area contributed by atoms with Gasteiger partial charge in [-0.2, -0.15) is 9.97 Å². The maximum absolute atomic E-state index is 12.4. The van der Waals surface area contributed by atoms with Gasteiger partial charge in [-0.25, -0.2) is 4.79 Å². The first-order chi connectivity index (χ1) is 10.1. The summed E-state index contributed by atoms with van der Waals surface area (Å²) in [5, 5.41) is 3.21. The molecule has 21 heavy (non-hydrogen) atoms. The summed E-state index contributed by atoms with van der Waals surface area (Å²) >= 11 is -1.24. The number of hydrogen-bond donors (Lipinski definition) is 1. The Morgan fingerprint density at radius 1 is 1.43 bits per heavy atom. The molecule has 7 heteroatoms. The molecule has 1 N–H and O–H groups in total. The van der Waals surface area contributed by atoms with E-state index in [1.807, 2.05) is 0 Å². The number of amides is 2. The van der Waals surface area contributed by atoms with Crippen molar-refractivity contribution in [3.8, 4) is 0 Å². The van der Waals surface area contributed by atoms with E-state index in [1.165, 1.54) is 19.3 Å². The number of aromatic nitrogens is 2. The van der Waals surface area contributed by atoms with Gasteiger partial charge in [0.25, 0.3) is 0 Å².